The Bertz CT molecular complexity index is 727. The molecule has 26 heavy (non-hydrogen) atoms. The van der Waals surface area contributed by atoms with Gasteiger partial charge in [-0.3, -0.25) is 4.79 Å². The van der Waals surface area contributed by atoms with Crippen LogP contribution in [0.5, 0.6) is 5.88 Å². The summed E-state index contributed by atoms with van der Waals surface area (Å²) in [5, 5.41) is 2.90. The van der Waals surface area contributed by atoms with E-state index in [2.05, 4.69) is 32.1 Å². The second-order valence-electron chi connectivity index (χ2n) is 6.29. The Balaban J connectivity index is 1.57. The van der Waals surface area contributed by atoms with E-state index in [1.165, 1.54) is 0 Å². The fourth-order valence-corrected chi connectivity index (χ4v) is 2.84. The second kappa shape index (κ2) is 8.62. The Morgan fingerprint density at radius 3 is 2.69 bits per heavy atom. The summed E-state index contributed by atoms with van der Waals surface area (Å²) in [4.78, 5) is 25.6. The molecule has 1 N–H and O–H groups in total. The lowest BCUT2D eigenvalue weighted by atomic mass is 10.2. The van der Waals surface area contributed by atoms with Crippen LogP contribution in [-0.2, 0) is 6.54 Å². The summed E-state index contributed by atoms with van der Waals surface area (Å²) >= 11 is 0. The standard InChI is InChI=1S/C19H25N5O2/c1-3-26-19-16(5-4-8-20-19)18(25)22-14-15-6-7-17(21-13-15)24-11-9-23(2)10-12-24/h4-8,13H,3,9-12,14H2,1-2H3,(H,22,25). The molecule has 3 rings (SSSR count). The first-order valence-corrected chi connectivity index (χ1v) is 8.92. The molecular weight excluding hydrogens is 330 g/mol. The van der Waals surface area contributed by atoms with E-state index in [9.17, 15) is 4.79 Å². The van der Waals surface area contributed by atoms with Gasteiger partial charge in [-0.25, -0.2) is 9.97 Å². The summed E-state index contributed by atoms with van der Waals surface area (Å²) in [5.74, 6) is 1.14. The molecule has 0 saturated carbocycles. The zero-order valence-electron chi connectivity index (χ0n) is 15.3. The molecule has 0 spiro atoms. The number of carbonyl (C=O) groups is 1. The quantitative estimate of drug-likeness (QED) is 0.848. The molecule has 7 heteroatoms. The predicted molar refractivity (Wildman–Crippen MR) is 101 cm³/mol. The summed E-state index contributed by atoms with van der Waals surface area (Å²) < 4.78 is 5.41. The Labute approximate surface area is 154 Å². The van der Waals surface area contributed by atoms with E-state index in [1.54, 1.807) is 18.3 Å². The molecule has 1 aliphatic rings. The summed E-state index contributed by atoms with van der Waals surface area (Å²) in [7, 11) is 2.13. The van der Waals surface area contributed by atoms with E-state index in [4.69, 9.17) is 4.74 Å². The third-order valence-electron chi connectivity index (χ3n) is 4.39. The molecule has 138 valence electrons. The molecule has 2 aromatic heterocycles. The Kier molecular flexibility index (Phi) is 6.01. The van der Waals surface area contributed by atoms with Gasteiger partial charge >= 0.3 is 0 Å². The van der Waals surface area contributed by atoms with Gasteiger partial charge in [-0.1, -0.05) is 6.07 Å². The molecule has 0 radical (unpaired) electrons. The first-order valence-electron chi connectivity index (χ1n) is 8.92. The van der Waals surface area contributed by atoms with Gasteiger partial charge in [0.1, 0.15) is 11.4 Å². The second-order valence-corrected chi connectivity index (χ2v) is 6.29. The van der Waals surface area contributed by atoms with Crippen LogP contribution in [-0.4, -0.2) is 60.6 Å². The average Bonchev–Trinajstić information content (AvgIpc) is 2.68. The maximum Gasteiger partial charge on any atom is 0.257 e. The number of piperazine rings is 1. The lowest BCUT2D eigenvalue weighted by molar-refractivity contribution is 0.0946. The number of hydrogen-bond donors (Lipinski definition) is 1. The molecule has 1 saturated heterocycles. The van der Waals surface area contributed by atoms with Gasteiger partial charge in [0, 0.05) is 45.1 Å². The highest BCUT2D eigenvalue weighted by Crippen LogP contribution is 2.15. The first-order chi connectivity index (χ1) is 12.7. The minimum Gasteiger partial charge on any atom is -0.477 e. The van der Waals surface area contributed by atoms with Crippen molar-refractivity contribution in [2.75, 3.05) is 44.7 Å². The van der Waals surface area contributed by atoms with Crippen LogP contribution >= 0.6 is 0 Å². The normalized spacial score (nSPS) is 14.9. The average molecular weight is 355 g/mol. The minimum absolute atomic E-state index is 0.204. The van der Waals surface area contributed by atoms with Crippen LogP contribution in [0.15, 0.2) is 36.7 Å². The summed E-state index contributed by atoms with van der Waals surface area (Å²) in [6.45, 7) is 6.81. The molecule has 1 fully saturated rings. The van der Waals surface area contributed by atoms with Crippen LogP contribution in [0.1, 0.15) is 22.8 Å². The van der Waals surface area contributed by atoms with Crippen LogP contribution in [0.4, 0.5) is 5.82 Å². The SMILES string of the molecule is CCOc1ncccc1C(=O)NCc1ccc(N2CCN(C)CC2)nc1. The van der Waals surface area contributed by atoms with Gasteiger partial charge in [-0.15, -0.1) is 0 Å². The van der Waals surface area contributed by atoms with Gasteiger partial charge in [0.15, 0.2) is 0 Å². The Morgan fingerprint density at radius 1 is 1.19 bits per heavy atom. The monoisotopic (exact) mass is 355 g/mol. The number of aromatic nitrogens is 2. The van der Waals surface area contributed by atoms with Gasteiger partial charge in [0.25, 0.3) is 5.91 Å². The molecule has 1 aliphatic heterocycles. The van der Waals surface area contributed by atoms with Crippen molar-refractivity contribution in [2.45, 2.75) is 13.5 Å². The minimum atomic E-state index is -0.204. The van der Waals surface area contributed by atoms with E-state index < -0.39 is 0 Å². The first kappa shape index (κ1) is 18.1. The molecule has 0 atom stereocenters. The summed E-state index contributed by atoms with van der Waals surface area (Å²) in [5.41, 5.74) is 1.40. The molecule has 0 aliphatic carbocycles. The fourth-order valence-electron chi connectivity index (χ4n) is 2.84. The lowest BCUT2D eigenvalue weighted by Gasteiger charge is -2.33. The van der Waals surface area contributed by atoms with Crippen molar-refractivity contribution in [3.8, 4) is 5.88 Å². The van der Waals surface area contributed by atoms with Crippen molar-refractivity contribution >= 4 is 11.7 Å². The highest BCUT2D eigenvalue weighted by molar-refractivity contribution is 5.96. The maximum atomic E-state index is 12.4. The number of nitrogens with one attached hydrogen (secondary N) is 1. The number of rotatable bonds is 6. The summed E-state index contributed by atoms with van der Waals surface area (Å²) in [6.07, 6.45) is 3.43. The van der Waals surface area contributed by atoms with Crippen molar-refractivity contribution in [3.05, 3.63) is 47.8 Å². The summed E-state index contributed by atoms with van der Waals surface area (Å²) in [6, 6.07) is 7.46. The van der Waals surface area contributed by atoms with Crippen LogP contribution < -0.4 is 15.0 Å². The van der Waals surface area contributed by atoms with E-state index in [-0.39, 0.29) is 5.91 Å². The molecule has 1 amide bonds. The van der Waals surface area contributed by atoms with Gasteiger partial charge < -0.3 is 19.9 Å². The number of likely N-dealkylation sites (N-methyl/N-ethyl adjacent to an activating group) is 1. The number of anilines is 1. The van der Waals surface area contributed by atoms with Crippen molar-refractivity contribution in [1.82, 2.24) is 20.2 Å². The van der Waals surface area contributed by atoms with E-state index in [1.807, 2.05) is 25.3 Å². The van der Waals surface area contributed by atoms with Gasteiger partial charge in [0.05, 0.1) is 6.61 Å². The van der Waals surface area contributed by atoms with E-state index in [0.29, 0.717) is 24.6 Å². The topological polar surface area (TPSA) is 70.6 Å². The predicted octanol–water partition coefficient (Wildman–Crippen LogP) is 1.56. The molecule has 0 aromatic carbocycles. The van der Waals surface area contributed by atoms with Gasteiger partial charge in [0.2, 0.25) is 5.88 Å². The molecule has 3 heterocycles. The van der Waals surface area contributed by atoms with Crippen molar-refractivity contribution in [3.63, 3.8) is 0 Å². The van der Waals surface area contributed by atoms with E-state index in [0.717, 1.165) is 37.6 Å². The number of hydrogen-bond acceptors (Lipinski definition) is 6. The van der Waals surface area contributed by atoms with Gasteiger partial charge in [-0.05, 0) is 37.7 Å². The smallest absolute Gasteiger partial charge is 0.257 e. The number of nitrogens with zero attached hydrogens (tertiary/aromatic N) is 4. The fraction of sp³-hybridized carbons (Fsp3) is 0.421. The molecule has 0 unspecified atom stereocenters. The van der Waals surface area contributed by atoms with Gasteiger partial charge in [-0.2, -0.15) is 0 Å². The highest BCUT2D eigenvalue weighted by atomic mass is 16.5. The van der Waals surface area contributed by atoms with E-state index >= 15 is 0 Å². The van der Waals surface area contributed by atoms with Crippen molar-refractivity contribution in [1.29, 1.82) is 0 Å². The third kappa shape index (κ3) is 4.49. The molecule has 7 nitrogen and oxygen atoms in total. The Morgan fingerprint density at radius 2 is 2.00 bits per heavy atom. The lowest BCUT2D eigenvalue weighted by Crippen LogP contribution is -2.44. The number of amides is 1. The van der Waals surface area contributed by atoms with Crippen LogP contribution in [0, 0.1) is 0 Å². The number of ether oxygens (including phenoxy) is 1. The van der Waals surface area contributed by atoms with Crippen LogP contribution in [0.3, 0.4) is 0 Å². The largest absolute Gasteiger partial charge is 0.477 e. The molecule has 2 aromatic rings. The van der Waals surface area contributed by atoms with Crippen molar-refractivity contribution < 1.29 is 9.53 Å². The number of pyridine rings is 2. The van der Waals surface area contributed by atoms with Crippen molar-refractivity contribution in [2.24, 2.45) is 0 Å². The highest BCUT2D eigenvalue weighted by Gasteiger charge is 2.16. The maximum absolute atomic E-state index is 12.4. The zero-order valence-corrected chi connectivity index (χ0v) is 15.3. The third-order valence-corrected chi connectivity index (χ3v) is 4.39. The molecule has 0 bridgehead atoms. The van der Waals surface area contributed by atoms with Crippen LogP contribution in [0.2, 0.25) is 0 Å². The van der Waals surface area contributed by atoms with Crippen LogP contribution in [0.25, 0.3) is 0 Å². The zero-order chi connectivity index (χ0) is 18.4. The Hall–Kier alpha value is -2.67. The number of carbonyl (C=O) groups excluding carboxylic acids is 1. The molecular formula is C19H25N5O2.